The quantitative estimate of drug-likeness (QED) is 0.729. The van der Waals surface area contributed by atoms with E-state index >= 15 is 0 Å². The third kappa shape index (κ3) is 2.30. The summed E-state index contributed by atoms with van der Waals surface area (Å²) in [4.78, 5) is 14.9. The third-order valence-corrected chi connectivity index (χ3v) is 1.70. The van der Waals surface area contributed by atoms with Gasteiger partial charge in [0, 0.05) is 10.7 Å². The highest BCUT2D eigenvalue weighted by Crippen LogP contribution is 2.09. The highest BCUT2D eigenvalue weighted by Gasteiger charge is 2.06. The molecule has 0 N–H and O–H groups in total. The molecule has 64 valence electrons. The second kappa shape index (κ2) is 4.21. The minimum absolute atomic E-state index is 0.325. The lowest BCUT2D eigenvalue weighted by Gasteiger charge is -1.99. The van der Waals surface area contributed by atoms with Crippen LogP contribution in [0.4, 0.5) is 0 Å². The van der Waals surface area contributed by atoms with Crippen LogP contribution in [0.1, 0.15) is 17.4 Å². The molecule has 0 radical (unpaired) electrons. The van der Waals surface area contributed by atoms with Gasteiger partial charge in [0.05, 0.1) is 6.61 Å². The van der Waals surface area contributed by atoms with E-state index in [-0.39, 0.29) is 5.97 Å². The Morgan fingerprint density at radius 2 is 2.50 bits per heavy atom. The Morgan fingerprint density at radius 3 is 3.08 bits per heavy atom. The third-order valence-electron chi connectivity index (χ3n) is 1.21. The average molecular weight is 230 g/mol. The van der Waals surface area contributed by atoms with Crippen molar-refractivity contribution in [1.29, 1.82) is 0 Å². The Bertz CT molecular complexity index is 288. The van der Waals surface area contributed by atoms with Crippen molar-refractivity contribution < 1.29 is 9.53 Å². The van der Waals surface area contributed by atoms with E-state index in [1.807, 2.05) is 0 Å². The minimum Gasteiger partial charge on any atom is -0.461 e. The summed E-state index contributed by atoms with van der Waals surface area (Å²) in [6, 6.07) is 3.38. The van der Waals surface area contributed by atoms with Crippen molar-refractivity contribution in [3.05, 3.63) is 28.5 Å². The number of hydrogen-bond acceptors (Lipinski definition) is 3. The largest absolute Gasteiger partial charge is 0.461 e. The number of nitrogens with zero attached hydrogens (tertiary/aromatic N) is 1. The molecule has 1 rings (SSSR count). The molecule has 4 heteroatoms. The summed E-state index contributed by atoms with van der Waals surface area (Å²) in [7, 11) is 0. The SMILES string of the molecule is CCOC(=O)c1cc(Br)ccn1. The number of hydrogen-bond donors (Lipinski definition) is 0. The van der Waals surface area contributed by atoms with Crippen molar-refractivity contribution >= 4 is 21.9 Å². The number of carbonyl (C=O) groups excluding carboxylic acids is 1. The molecule has 0 atom stereocenters. The first-order chi connectivity index (χ1) is 5.74. The van der Waals surface area contributed by atoms with Crippen LogP contribution in [0.3, 0.4) is 0 Å². The summed E-state index contributed by atoms with van der Waals surface area (Å²) in [6.45, 7) is 2.13. The standard InChI is InChI=1S/C8H8BrNO2/c1-2-12-8(11)7-5-6(9)3-4-10-7/h3-5H,2H2,1H3. The van der Waals surface area contributed by atoms with Crippen LogP contribution in [-0.2, 0) is 4.74 Å². The number of halogens is 1. The van der Waals surface area contributed by atoms with E-state index in [1.54, 1.807) is 25.3 Å². The van der Waals surface area contributed by atoms with Gasteiger partial charge in [-0.15, -0.1) is 0 Å². The summed E-state index contributed by atoms with van der Waals surface area (Å²) in [5, 5.41) is 0. The molecule has 0 unspecified atom stereocenters. The summed E-state index contributed by atoms with van der Waals surface area (Å²) in [5.41, 5.74) is 0.325. The molecule has 0 aliphatic carbocycles. The van der Waals surface area contributed by atoms with E-state index in [1.165, 1.54) is 0 Å². The molecule has 0 fully saturated rings. The summed E-state index contributed by atoms with van der Waals surface area (Å²) < 4.78 is 5.58. The molecular formula is C8H8BrNO2. The van der Waals surface area contributed by atoms with Gasteiger partial charge in [-0.1, -0.05) is 15.9 Å². The first kappa shape index (κ1) is 9.19. The molecule has 1 aromatic heterocycles. The van der Waals surface area contributed by atoms with E-state index in [4.69, 9.17) is 4.74 Å². The van der Waals surface area contributed by atoms with Crippen LogP contribution < -0.4 is 0 Å². The highest BCUT2D eigenvalue weighted by atomic mass is 79.9. The zero-order valence-corrected chi connectivity index (χ0v) is 8.17. The first-order valence-electron chi connectivity index (χ1n) is 3.52. The Morgan fingerprint density at radius 1 is 1.75 bits per heavy atom. The van der Waals surface area contributed by atoms with Gasteiger partial charge in [0.1, 0.15) is 5.69 Å². The lowest BCUT2D eigenvalue weighted by Crippen LogP contribution is -2.06. The van der Waals surface area contributed by atoms with Crippen molar-refractivity contribution in [3.8, 4) is 0 Å². The molecule has 0 bridgehead atoms. The second-order valence-electron chi connectivity index (χ2n) is 2.08. The molecule has 0 saturated heterocycles. The predicted molar refractivity (Wildman–Crippen MR) is 47.9 cm³/mol. The molecule has 0 aliphatic heterocycles. The Labute approximate surface area is 78.9 Å². The summed E-state index contributed by atoms with van der Waals surface area (Å²) >= 11 is 3.23. The van der Waals surface area contributed by atoms with E-state index in [2.05, 4.69) is 20.9 Å². The summed E-state index contributed by atoms with van der Waals surface area (Å²) in [6.07, 6.45) is 1.55. The Hall–Kier alpha value is -0.900. The zero-order valence-electron chi connectivity index (χ0n) is 6.58. The molecule has 0 aliphatic rings. The van der Waals surface area contributed by atoms with Crippen LogP contribution in [0.5, 0.6) is 0 Å². The molecule has 0 aromatic carbocycles. The van der Waals surface area contributed by atoms with E-state index in [9.17, 15) is 4.79 Å². The van der Waals surface area contributed by atoms with Gasteiger partial charge < -0.3 is 4.74 Å². The van der Waals surface area contributed by atoms with Gasteiger partial charge in [-0.3, -0.25) is 0 Å². The molecule has 1 heterocycles. The van der Waals surface area contributed by atoms with Gasteiger partial charge in [0.2, 0.25) is 0 Å². The van der Waals surface area contributed by atoms with E-state index in [0.29, 0.717) is 12.3 Å². The minimum atomic E-state index is -0.390. The number of esters is 1. The van der Waals surface area contributed by atoms with Crippen molar-refractivity contribution in [2.24, 2.45) is 0 Å². The van der Waals surface area contributed by atoms with Gasteiger partial charge in [0.15, 0.2) is 0 Å². The monoisotopic (exact) mass is 229 g/mol. The second-order valence-corrected chi connectivity index (χ2v) is 3.00. The normalized spacial score (nSPS) is 9.50. The molecule has 0 saturated carbocycles. The van der Waals surface area contributed by atoms with Crippen molar-refractivity contribution in [2.75, 3.05) is 6.61 Å². The van der Waals surface area contributed by atoms with Gasteiger partial charge in [-0.2, -0.15) is 0 Å². The molecule has 1 aromatic rings. The van der Waals surface area contributed by atoms with Crippen LogP contribution in [0.2, 0.25) is 0 Å². The fourth-order valence-corrected chi connectivity index (χ4v) is 1.06. The Balaban J connectivity index is 2.81. The van der Waals surface area contributed by atoms with E-state index in [0.717, 1.165) is 4.47 Å². The van der Waals surface area contributed by atoms with Crippen LogP contribution in [0.25, 0.3) is 0 Å². The van der Waals surface area contributed by atoms with Gasteiger partial charge in [-0.25, -0.2) is 9.78 Å². The van der Waals surface area contributed by atoms with E-state index < -0.39 is 0 Å². The molecule has 12 heavy (non-hydrogen) atoms. The molecule has 0 spiro atoms. The topological polar surface area (TPSA) is 39.2 Å². The van der Waals surface area contributed by atoms with Gasteiger partial charge >= 0.3 is 5.97 Å². The lowest BCUT2D eigenvalue weighted by atomic mass is 10.3. The van der Waals surface area contributed by atoms with Crippen LogP contribution in [0, 0.1) is 0 Å². The molecule has 0 amide bonds. The van der Waals surface area contributed by atoms with Crippen molar-refractivity contribution in [2.45, 2.75) is 6.92 Å². The van der Waals surface area contributed by atoms with Crippen molar-refractivity contribution in [3.63, 3.8) is 0 Å². The number of pyridine rings is 1. The van der Waals surface area contributed by atoms with Crippen molar-refractivity contribution in [1.82, 2.24) is 4.98 Å². The van der Waals surface area contributed by atoms with Crippen LogP contribution in [-0.4, -0.2) is 17.6 Å². The van der Waals surface area contributed by atoms with Crippen LogP contribution in [0.15, 0.2) is 22.8 Å². The number of rotatable bonds is 2. The predicted octanol–water partition coefficient (Wildman–Crippen LogP) is 2.02. The summed E-state index contributed by atoms with van der Waals surface area (Å²) in [5.74, 6) is -0.390. The maximum Gasteiger partial charge on any atom is 0.356 e. The highest BCUT2D eigenvalue weighted by molar-refractivity contribution is 9.10. The number of aromatic nitrogens is 1. The maximum absolute atomic E-state index is 11.1. The zero-order chi connectivity index (χ0) is 8.97. The molecular weight excluding hydrogens is 222 g/mol. The maximum atomic E-state index is 11.1. The average Bonchev–Trinajstić information content (AvgIpc) is 2.05. The van der Waals surface area contributed by atoms with Gasteiger partial charge in [-0.05, 0) is 19.1 Å². The molecule has 3 nitrogen and oxygen atoms in total. The van der Waals surface area contributed by atoms with Gasteiger partial charge in [0.25, 0.3) is 0 Å². The number of carbonyl (C=O) groups is 1. The Kier molecular flexibility index (Phi) is 3.22. The number of ether oxygens (including phenoxy) is 1. The lowest BCUT2D eigenvalue weighted by molar-refractivity contribution is 0.0519. The first-order valence-corrected chi connectivity index (χ1v) is 4.32. The van der Waals surface area contributed by atoms with Crippen LogP contribution >= 0.6 is 15.9 Å². The fraction of sp³-hybridized carbons (Fsp3) is 0.250. The smallest absolute Gasteiger partial charge is 0.356 e. The fourth-order valence-electron chi connectivity index (χ4n) is 0.721.